The number of hydrogen-bond acceptors (Lipinski definition) is 2. The predicted molar refractivity (Wildman–Crippen MR) is 70.7 cm³/mol. The molecule has 0 bridgehead atoms. The molecule has 0 saturated carbocycles. The zero-order valence-electron chi connectivity index (χ0n) is 9.72. The lowest BCUT2D eigenvalue weighted by molar-refractivity contribution is 0.112. The van der Waals surface area contributed by atoms with Crippen LogP contribution < -0.4 is 0 Å². The minimum Gasteiger partial charge on any atom is -0.298 e. The first-order valence-electron chi connectivity index (χ1n) is 5.43. The van der Waals surface area contributed by atoms with Crippen molar-refractivity contribution >= 4 is 22.2 Å². The summed E-state index contributed by atoms with van der Waals surface area (Å²) in [6.07, 6.45) is 2.62. The molecule has 3 nitrogen and oxygen atoms in total. The molecule has 1 heterocycles. The van der Waals surface area contributed by atoms with Crippen molar-refractivity contribution in [1.82, 2.24) is 9.78 Å². The first-order chi connectivity index (χ1) is 8.13. The van der Waals surface area contributed by atoms with Gasteiger partial charge in [-0.2, -0.15) is 5.10 Å². The Kier molecular flexibility index (Phi) is 3.43. The van der Waals surface area contributed by atoms with E-state index in [1.54, 1.807) is 10.9 Å². The lowest BCUT2D eigenvalue weighted by Crippen LogP contribution is -1.98. The maximum Gasteiger partial charge on any atom is 0.153 e. The number of benzene rings is 1. The molecular weight excluding hydrogens is 280 g/mol. The summed E-state index contributed by atoms with van der Waals surface area (Å²) in [5.74, 6) is 0.235. The number of carbonyl (C=O) groups is 1. The Morgan fingerprint density at radius 3 is 2.59 bits per heavy atom. The molecular formula is C13H13BrN2O. The van der Waals surface area contributed by atoms with Gasteiger partial charge in [0.1, 0.15) is 0 Å². The molecule has 0 aliphatic heterocycles. The van der Waals surface area contributed by atoms with Crippen molar-refractivity contribution in [2.75, 3.05) is 0 Å². The predicted octanol–water partition coefficient (Wildman–Crippen LogP) is 3.57. The number of nitrogens with zero attached hydrogens (tertiary/aromatic N) is 2. The van der Waals surface area contributed by atoms with E-state index in [-0.39, 0.29) is 5.92 Å². The highest BCUT2D eigenvalue weighted by molar-refractivity contribution is 9.10. The van der Waals surface area contributed by atoms with Gasteiger partial charge in [-0.1, -0.05) is 26.0 Å². The maximum absolute atomic E-state index is 11.0. The SMILES string of the molecule is CC(C)c1nn(-c2ccccc2Br)cc1C=O. The average Bonchev–Trinajstić information content (AvgIpc) is 2.73. The van der Waals surface area contributed by atoms with E-state index in [0.717, 1.165) is 22.1 Å². The van der Waals surface area contributed by atoms with Gasteiger partial charge in [0.05, 0.1) is 16.9 Å². The van der Waals surface area contributed by atoms with Gasteiger partial charge >= 0.3 is 0 Å². The van der Waals surface area contributed by atoms with Crippen molar-refractivity contribution in [3.05, 3.63) is 46.2 Å². The van der Waals surface area contributed by atoms with Crippen LogP contribution in [-0.2, 0) is 0 Å². The second kappa shape index (κ2) is 4.84. The molecule has 2 rings (SSSR count). The molecule has 0 amide bonds. The maximum atomic E-state index is 11.0. The molecule has 17 heavy (non-hydrogen) atoms. The molecule has 0 unspecified atom stereocenters. The summed E-state index contributed by atoms with van der Waals surface area (Å²) in [6, 6.07) is 7.79. The van der Waals surface area contributed by atoms with Crippen LogP contribution in [0.5, 0.6) is 0 Å². The Morgan fingerprint density at radius 2 is 2.06 bits per heavy atom. The van der Waals surface area contributed by atoms with E-state index in [9.17, 15) is 4.79 Å². The molecule has 88 valence electrons. The van der Waals surface area contributed by atoms with Crippen LogP contribution in [0.3, 0.4) is 0 Å². The number of hydrogen-bond donors (Lipinski definition) is 0. The van der Waals surface area contributed by atoms with Crippen LogP contribution in [0.2, 0.25) is 0 Å². The number of carbonyl (C=O) groups excluding carboxylic acids is 1. The summed E-state index contributed by atoms with van der Waals surface area (Å²) >= 11 is 3.48. The van der Waals surface area contributed by atoms with Crippen molar-refractivity contribution in [2.45, 2.75) is 19.8 Å². The molecule has 0 spiro atoms. The molecule has 0 fully saturated rings. The van der Waals surface area contributed by atoms with Crippen LogP contribution in [0.25, 0.3) is 5.69 Å². The molecule has 1 aromatic carbocycles. The molecule has 0 saturated heterocycles. The van der Waals surface area contributed by atoms with Gasteiger partial charge in [-0.15, -0.1) is 0 Å². The number of aldehydes is 1. The van der Waals surface area contributed by atoms with E-state index in [1.165, 1.54) is 0 Å². The lowest BCUT2D eigenvalue weighted by atomic mass is 10.1. The highest BCUT2D eigenvalue weighted by atomic mass is 79.9. The molecule has 4 heteroatoms. The fourth-order valence-corrected chi connectivity index (χ4v) is 2.17. The van der Waals surface area contributed by atoms with Gasteiger partial charge < -0.3 is 0 Å². The summed E-state index contributed by atoms with van der Waals surface area (Å²) in [5.41, 5.74) is 2.41. The van der Waals surface area contributed by atoms with Crippen LogP contribution in [0.1, 0.15) is 35.8 Å². The molecule has 0 radical (unpaired) electrons. The molecule has 0 aliphatic carbocycles. The van der Waals surface area contributed by atoms with Gasteiger partial charge in [-0.25, -0.2) is 4.68 Å². The highest BCUT2D eigenvalue weighted by Gasteiger charge is 2.13. The molecule has 0 N–H and O–H groups in total. The van der Waals surface area contributed by atoms with Crippen LogP contribution in [0, 0.1) is 0 Å². The quantitative estimate of drug-likeness (QED) is 0.811. The Labute approximate surface area is 109 Å². The number of halogens is 1. The van der Waals surface area contributed by atoms with Gasteiger partial charge in [0.2, 0.25) is 0 Å². The number of aromatic nitrogens is 2. The van der Waals surface area contributed by atoms with Crippen LogP contribution in [0.15, 0.2) is 34.9 Å². The number of para-hydroxylation sites is 1. The van der Waals surface area contributed by atoms with E-state index in [1.807, 2.05) is 38.1 Å². The Morgan fingerprint density at radius 1 is 1.35 bits per heavy atom. The van der Waals surface area contributed by atoms with Crippen LogP contribution in [0.4, 0.5) is 0 Å². The second-order valence-corrected chi connectivity index (χ2v) is 4.99. The zero-order valence-corrected chi connectivity index (χ0v) is 11.3. The fourth-order valence-electron chi connectivity index (χ4n) is 1.70. The Bertz CT molecular complexity index is 546. The summed E-state index contributed by atoms with van der Waals surface area (Å²) in [6.45, 7) is 4.05. The largest absolute Gasteiger partial charge is 0.298 e. The third kappa shape index (κ3) is 2.31. The van der Waals surface area contributed by atoms with Gasteiger partial charge in [0.25, 0.3) is 0 Å². The summed E-state index contributed by atoms with van der Waals surface area (Å²) in [4.78, 5) is 11.0. The summed E-state index contributed by atoms with van der Waals surface area (Å²) in [7, 11) is 0. The standard InChI is InChI=1S/C13H13BrN2O/c1-9(2)13-10(8-17)7-16(15-13)12-6-4-3-5-11(12)14/h3-9H,1-2H3. The van der Waals surface area contributed by atoms with Gasteiger partial charge in [0, 0.05) is 10.7 Å². The van der Waals surface area contributed by atoms with Crippen LogP contribution >= 0.6 is 15.9 Å². The van der Waals surface area contributed by atoms with Gasteiger partial charge in [-0.05, 0) is 34.0 Å². The Balaban J connectivity index is 2.54. The van der Waals surface area contributed by atoms with Gasteiger partial charge in [0.15, 0.2) is 6.29 Å². The van der Waals surface area contributed by atoms with Crippen molar-refractivity contribution in [2.24, 2.45) is 0 Å². The highest BCUT2D eigenvalue weighted by Crippen LogP contribution is 2.23. The molecule has 2 aromatic rings. The fraction of sp³-hybridized carbons (Fsp3) is 0.231. The molecule has 0 atom stereocenters. The first kappa shape index (κ1) is 12.0. The minimum absolute atomic E-state index is 0.235. The van der Waals surface area contributed by atoms with Crippen molar-refractivity contribution < 1.29 is 4.79 Å². The third-order valence-corrected chi connectivity index (χ3v) is 3.22. The van der Waals surface area contributed by atoms with E-state index < -0.39 is 0 Å². The molecule has 0 aliphatic rings. The first-order valence-corrected chi connectivity index (χ1v) is 6.22. The van der Waals surface area contributed by atoms with E-state index in [4.69, 9.17) is 0 Å². The normalized spacial score (nSPS) is 10.8. The average molecular weight is 293 g/mol. The van der Waals surface area contributed by atoms with Crippen LogP contribution in [-0.4, -0.2) is 16.1 Å². The van der Waals surface area contributed by atoms with Crippen molar-refractivity contribution in [1.29, 1.82) is 0 Å². The lowest BCUT2D eigenvalue weighted by Gasteiger charge is -2.04. The van der Waals surface area contributed by atoms with E-state index in [2.05, 4.69) is 21.0 Å². The topological polar surface area (TPSA) is 34.9 Å². The van der Waals surface area contributed by atoms with Crippen molar-refractivity contribution in [3.8, 4) is 5.69 Å². The summed E-state index contributed by atoms with van der Waals surface area (Å²) < 4.78 is 2.69. The van der Waals surface area contributed by atoms with E-state index >= 15 is 0 Å². The third-order valence-electron chi connectivity index (χ3n) is 2.55. The smallest absolute Gasteiger partial charge is 0.153 e. The van der Waals surface area contributed by atoms with Crippen molar-refractivity contribution in [3.63, 3.8) is 0 Å². The monoisotopic (exact) mass is 292 g/mol. The molecule has 1 aromatic heterocycles. The number of rotatable bonds is 3. The Hall–Kier alpha value is -1.42. The minimum atomic E-state index is 0.235. The zero-order chi connectivity index (χ0) is 12.4. The summed E-state index contributed by atoms with van der Waals surface area (Å²) in [5, 5.41) is 4.47. The van der Waals surface area contributed by atoms with E-state index in [0.29, 0.717) is 5.56 Å². The second-order valence-electron chi connectivity index (χ2n) is 4.14. The van der Waals surface area contributed by atoms with Gasteiger partial charge in [-0.3, -0.25) is 4.79 Å².